The quantitative estimate of drug-likeness (QED) is 0.832. The number of benzene rings is 1. The van der Waals surface area contributed by atoms with Crippen LogP contribution in [0.15, 0.2) is 23.3 Å². The van der Waals surface area contributed by atoms with Crippen molar-refractivity contribution in [1.82, 2.24) is 5.43 Å². The Kier molecular flexibility index (Phi) is 6.23. The number of methoxy groups -OCH3 is 2. The zero-order valence-corrected chi connectivity index (χ0v) is 15.3. The summed E-state index contributed by atoms with van der Waals surface area (Å²) in [6, 6.07) is 5.10. The Morgan fingerprint density at radius 3 is 2.33 bits per heavy atom. The molecule has 0 unspecified atom stereocenters. The van der Waals surface area contributed by atoms with Crippen LogP contribution < -0.4 is 14.9 Å². The van der Waals surface area contributed by atoms with Gasteiger partial charge in [0.05, 0.1) is 14.2 Å². The molecule has 0 spiro atoms. The van der Waals surface area contributed by atoms with Crippen LogP contribution in [-0.4, -0.2) is 25.8 Å². The predicted molar refractivity (Wildman–Crippen MR) is 95.8 cm³/mol. The molecule has 0 saturated heterocycles. The fourth-order valence-corrected chi connectivity index (χ4v) is 3.21. The van der Waals surface area contributed by atoms with Crippen LogP contribution in [0.1, 0.15) is 50.4 Å². The molecule has 0 radical (unpaired) electrons. The number of rotatable bonds is 5. The lowest BCUT2D eigenvalue weighted by molar-refractivity contribution is 0.0953. The summed E-state index contributed by atoms with van der Waals surface area (Å²) in [5.41, 5.74) is 4.29. The molecule has 5 nitrogen and oxygen atoms in total. The molecule has 0 aliphatic heterocycles. The highest BCUT2D eigenvalue weighted by Gasteiger charge is 2.27. The van der Waals surface area contributed by atoms with Gasteiger partial charge in [0, 0.05) is 23.3 Å². The summed E-state index contributed by atoms with van der Waals surface area (Å²) in [6.45, 7) is 6.66. The maximum atomic E-state index is 12.5. The third-order valence-electron chi connectivity index (χ3n) is 4.68. The molecule has 1 aromatic rings. The Bertz CT molecular complexity index is 588. The Labute approximate surface area is 144 Å². The smallest absolute Gasteiger partial charge is 0.271 e. The van der Waals surface area contributed by atoms with E-state index in [4.69, 9.17) is 9.47 Å². The van der Waals surface area contributed by atoms with Gasteiger partial charge in [-0.2, -0.15) is 5.10 Å². The summed E-state index contributed by atoms with van der Waals surface area (Å²) < 4.78 is 10.4. The van der Waals surface area contributed by atoms with Gasteiger partial charge in [-0.05, 0) is 43.2 Å². The van der Waals surface area contributed by atoms with E-state index < -0.39 is 0 Å². The van der Waals surface area contributed by atoms with Gasteiger partial charge in [-0.15, -0.1) is 0 Å². The standard InChI is InChI=1S/C19H28N2O3/c1-12(2)17-7-6-13(3)8-18(17)20-21-19(22)14-9-15(23-4)11-16(10-14)24-5/h9-13,17H,6-8H2,1-5H3,(H,21,22)/b20-18-/t13-,17-/m0/s1. The van der Waals surface area contributed by atoms with E-state index in [1.807, 2.05) is 0 Å². The molecule has 1 N–H and O–H groups in total. The van der Waals surface area contributed by atoms with Crippen molar-refractivity contribution in [3.05, 3.63) is 23.8 Å². The first-order chi connectivity index (χ1) is 11.4. The minimum atomic E-state index is -0.250. The van der Waals surface area contributed by atoms with Crippen LogP contribution in [0.5, 0.6) is 11.5 Å². The minimum absolute atomic E-state index is 0.250. The fraction of sp³-hybridized carbons (Fsp3) is 0.579. The number of hydrazone groups is 1. The summed E-state index contributed by atoms with van der Waals surface area (Å²) >= 11 is 0. The van der Waals surface area contributed by atoms with E-state index in [2.05, 4.69) is 31.3 Å². The van der Waals surface area contributed by atoms with Crippen molar-refractivity contribution in [2.24, 2.45) is 22.9 Å². The minimum Gasteiger partial charge on any atom is -0.497 e. The van der Waals surface area contributed by atoms with Crippen molar-refractivity contribution in [3.63, 3.8) is 0 Å². The second-order valence-corrected chi connectivity index (χ2v) is 6.88. The van der Waals surface area contributed by atoms with Crippen molar-refractivity contribution in [1.29, 1.82) is 0 Å². The molecule has 0 aromatic heterocycles. The predicted octanol–water partition coefficient (Wildman–Crippen LogP) is 3.88. The number of nitrogens with zero attached hydrogens (tertiary/aromatic N) is 1. The number of nitrogens with one attached hydrogen (secondary N) is 1. The molecule has 1 aliphatic carbocycles. The van der Waals surface area contributed by atoms with Gasteiger partial charge in [0.25, 0.3) is 5.91 Å². The topological polar surface area (TPSA) is 59.9 Å². The summed E-state index contributed by atoms with van der Waals surface area (Å²) in [5, 5.41) is 4.46. The lowest BCUT2D eigenvalue weighted by Gasteiger charge is -2.30. The van der Waals surface area contributed by atoms with Crippen molar-refractivity contribution in [2.45, 2.75) is 40.0 Å². The van der Waals surface area contributed by atoms with E-state index >= 15 is 0 Å². The molecular weight excluding hydrogens is 304 g/mol. The zero-order valence-electron chi connectivity index (χ0n) is 15.3. The summed E-state index contributed by atoms with van der Waals surface area (Å²) in [5.74, 6) is 2.51. The Morgan fingerprint density at radius 2 is 1.79 bits per heavy atom. The van der Waals surface area contributed by atoms with Crippen LogP contribution in [0.2, 0.25) is 0 Å². The summed E-state index contributed by atoms with van der Waals surface area (Å²) in [6.07, 6.45) is 3.31. The number of hydrogen-bond acceptors (Lipinski definition) is 4. The molecule has 0 bridgehead atoms. The van der Waals surface area contributed by atoms with Crippen LogP contribution in [0.3, 0.4) is 0 Å². The number of carbonyl (C=O) groups is 1. The van der Waals surface area contributed by atoms with Crippen LogP contribution in [0, 0.1) is 17.8 Å². The Morgan fingerprint density at radius 1 is 1.17 bits per heavy atom. The highest BCUT2D eigenvalue weighted by atomic mass is 16.5. The number of carbonyl (C=O) groups excluding carboxylic acids is 1. The largest absolute Gasteiger partial charge is 0.497 e. The molecule has 1 fully saturated rings. The molecule has 2 rings (SSSR count). The Balaban J connectivity index is 2.16. The molecule has 132 valence electrons. The number of hydrogen-bond donors (Lipinski definition) is 1. The van der Waals surface area contributed by atoms with Gasteiger partial charge in [0.15, 0.2) is 0 Å². The first-order valence-corrected chi connectivity index (χ1v) is 8.54. The molecule has 0 heterocycles. The molecule has 1 aromatic carbocycles. The second kappa shape index (κ2) is 8.18. The third kappa shape index (κ3) is 4.49. The van der Waals surface area contributed by atoms with Crippen molar-refractivity contribution in [2.75, 3.05) is 14.2 Å². The maximum absolute atomic E-state index is 12.5. The van der Waals surface area contributed by atoms with Gasteiger partial charge in [-0.1, -0.05) is 20.8 Å². The highest BCUT2D eigenvalue weighted by Crippen LogP contribution is 2.31. The first kappa shape index (κ1) is 18.3. The molecule has 5 heteroatoms. The van der Waals surface area contributed by atoms with Crippen LogP contribution in [-0.2, 0) is 0 Å². The third-order valence-corrected chi connectivity index (χ3v) is 4.68. The molecule has 24 heavy (non-hydrogen) atoms. The van der Waals surface area contributed by atoms with E-state index in [0.717, 1.165) is 18.6 Å². The normalized spacial score (nSPS) is 22.5. The van der Waals surface area contributed by atoms with Crippen LogP contribution in [0.25, 0.3) is 0 Å². The van der Waals surface area contributed by atoms with Crippen molar-refractivity contribution < 1.29 is 14.3 Å². The molecule has 1 saturated carbocycles. The lowest BCUT2D eigenvalue weighted by atomic mass is 9.76. The first-order valence-electron chi connectivity index (χ1n) is 8.54. The van der Waals surface area contributed by atoms with Gasteiger partial charge in [0.2, 0.25) is 0 Å². The van der Waals surface area contributed by atoms with Gasteiger partial charge in [-0.25, -0.2) is 5.43 Å². The summed E-state index contributed by atoms with van der Waals surface area (Å²) in [4.78, 5) is 12.5. The fourth-order valence-electron chi connectivity index (χ4n) is 3.21. The average molecular weight is 332 g/mol. The van der Waals surface area contributed by atoms with Crippen LogP contribution >= 0.6 is 0 Å². The zero-order chi connectivity index (χ0) is 17.7. The van der Waals surface area contributed by atoms with Crippen molar-refractivity contribution >= 4 is 11.6 Å². The van der Waals surface area contributed by atoms with E-state index in [9.17, 15) is 4.79 Å². The van der Waals surface area contributed by atoms with Crippen molar-refractivity contribution in [3.8, 4) is 11.5 Å². The summed E-state index contributed by atoms with van der Waals surface area (Å²) in [7, 11) is 3.13. The molecule has 1 aliphatic rings. The lowest BCUT2D eigenvalue weighted by Crippen LogP contribution is -2.31. The Hall–Kier alpha value is -2.04. The SMILES string of the molecule is COc1cc(OC)cc(C(=O)N/N=C2/C[C@@H](C)CC[C@H]2C(C)C)c1. The van der Waals surface area contributed by atoms with E-state index in [1.54, 1.807) is 32.4 Å². The van der Waals surface area contributed by atoms with E-state index in [-0.39, 0.29) is 5.91 Å². The van der Waals surface area contributed by atoms with Gasteiger partial charge in [-0.3, -0.25) is 4.79 Å². The molecule has 1 amide bonds. The number of ether oxygens (including phenoxy) is 2. The molecule has 2 atom stereocenters. The van der Waals surface area contributed by atoms with Crippen LogP contribution in [0.4, 0.5) is 0 Å². The molecular formula is C19H28N2O3. The second-order valence-electron chi connectivity index (χ2n) is 6.88. The van der Waals surface area contributed by atoms with E-state index in [1.165, 1.54) is 6.42 Å². The maximum Gasteiger partial charge on any atom is 0.271 e. The van der Waals surface area contributed by atoms with Gasteiger partial charge < -0.3 is 9.47 Å². The highest BCUT2D eigenvalue weighted by molar-refractivity contribution is 5.96. The monoisotopic (exact) mass is 332 g/mol. The number of amides is 1. The van der Waals surface area contributed by atoms with Gasteiger partial charge >= 0.3 is 0 Å². The van der Waals surface area contributed by atoms with Gasteiger partial charge in [0.1, 0.15) is 11.5 Å². The average Bonchev–Trinajstić information content (AvgIpc) is 2.58. The van der Waals surface area contributed by atoms with E-state index in [0.29, 0.717) is 34.8 Å².